The summed E-state index contributed by atoms with van der Waals surface area (Å²) < 4.78 is 0. The van der Waals surface area contributed by atoms with E-state index in [-0.39, 0.29) is 11.9 Å². The van der Waals surface area contributed by atoms with Crippen molar-refractivity contribution in [1.29, 1.82) is 0 Å². The van der Waals surface area contributed by atoms with E-state index in [0.29, 0.717) is 5.56 Å². The molecule has 122 valence electrons. The van der Waals surface area contributed by atoms with Crippen LogP contribution in [0.25, 0.3) is 0 Å². The zero-order valence-corrected chi connectivity index (χ0v) is 14.1. The van der Waals surface area contributed by atoms with Crippen molar-refractivity contribution in [2.45, 2.75) is 32.7 Å². The molecule has 1 N–H and O–H groups in total. The molecule has 2 rings (SSSR count). The lowest BCUT2D eigenvalue weighted by Gasteiger charge is -2.18. The Kier molecular flexibility index (Phi) is 6.15. The van der Waals surface area contributed by atoms with Gasteiger partial charge in [-0.2, -0.15) is 0 Å². The van der Waals surface area contributed by atoms with Crippen LogP contribution in [0.4, 0.5) is 5.69 Å². The van der Waals surface area contributed by atoms with E-state index in [1.165, 1.54) is 5.56 Å². The van der Waals surface area contributed by atoms with Gasteiger partial charge in [-0.05, 0) is 25.0 Å². The molecule has 23 heavy (non-hydrogen) atoms. The fourth-order valence-electron chi connectivity index (χ4n) is 2.43. The second-order valence-corrected chi connectivity index (χ2v) is 5.82. The molecule has 0 aliphatic rings. The molecule has 4 heteroatoms. The van der Waals surface area contributed by atoms with Crippen LogP contribution in [0.1, 0.15) is 48.7 Å². The van der Waals surface area contributed by atoms with E-state index in [1.54, 1.807) is 17.3 Å². The Balaban J connectivity index is 2.06. The van der Waals surface area contributed by atoms with E-state index in [4.69, 9.17) is 0 Å². The summed E-state index contributed by atoms with van der Waals surface area (Å²) in [6.45, 7) is 4.99. The monoisotopic (exact) mass is 311 g/mol. The van der Waals surface area contributed by atoms with Crippen LogP contribution in [0.2, 0.25) is 0 Å². The lowest BCUT2D eigenvalue weighted by atomic mass is 10.1. The molecule has 1 atom stereocenters. The molecule has 1 aromatic heterocycles. The van der Waals surface area contributed by atoms with Gasteiger partial charge in [-0.3, -0.25) is 9.78 Å². The maximum atomic E-state index is 12.4. The average molecular weight is 311 g/mol. The minimum atomic E-state index is 0.0157. The van der Waals surface area contributed by atoms with Crippen molar-refractivity contribution in [2.75, 3.05) is 18.9 Å². The first kappa shape index (κ1) is 17.0. The van der Waals surface area contributed by atoms with Crippen molar-refractivity contribution in [3.05, 3.63) is 59.9 Å². The van der Waals surface area contributed by atoms with Crippen molar-refractivity contribution in [1.82, 2.24) is 9.88 Å². The number of carbonyl (C=O) groups excluding carboxylic acids is 1. The number of nitrogens with zero attached hydrogens (tertiary/aromatic N) is 2. The Morgan fingerprint density at radius 1 is 1.26 bits per heavy atom. The first-order valence-electron chi connectivity index (χ1n) is 8.13. The number of pyridine rings is 1. The summed E-state index contributed by atoms with van der Waals surface area (Å²) in [5, 5.41) is 3.40. The van der Waals surface area contributed by atoms with Gasteiger partial charge in [-0.15, -0.1) is 0 Å². The minimum Gasteiger partial charge on any atom is -0.377 e. The largest absolute Gasteiger partial charge is 0.377 e. The lowest BCUT2D eigenvalue weighted by Crippen LogP contribution is -2.27. The SMILES string of the molecule is CCCCN(C)C(=O)c1cncc(NC(C)c2ccccc2)c1. The number of hydrogen-bond donors (Lipinski definition) is 1. The lowest BCUT2D eigenvalue weighted by molar-refractivity contribution is 0.0793. The average Bonchev–Trinajstić information content (AvgIpc) is 2.60. The molecule has 0 aliphatic heterocycles. The van der Waals surface area contributed by atoms with E-state index in [1.807, 2.05) is 31.3 Å². The molecule has 1 amide bonds. The number of rotatable bonds is 7. The third-order valence-corrected chi connectivity index (χ3v) is 3.86. The van der Waals surface area contributed by atoms with Crippen LogP contribution in [-0.4, -0.2) is 29.4 Å². The van der Waals surface area contributed by atoms with E-state index < -0.39 is 0 Å². The summed E-state index contributed by atoms with van der Waals surface area (Å²) in [6.07, 6.45) is 5.47. The van der Waals surface area contributed by atoms with Gasteiger partial charge in [0, 0.05) is 32.0 Å². The normalized spacial score (nSPS) is 11.8. The highest BCUT2D eigenvalue weighted by atomic mass is 16.2. The standard InChI is InChI=1S/C19H25N3O/c1-4-5-11-22(3)19(23)17-12-18(14-20-13-17)21-15(2)16-9-7-6-8-10-16/h6-10,12-15,21H,4-5,11H2,1-3H3. The van der Waals surface area contributed by atoms with E-state index in [2.05, 4.69) is 36.3 Å². The summed E-state index contributed by atoms with van der Waals surface area (Å²) >= 11 is 0. The molecule has 1 unspecified atom stereocenters. The number of amides is 1. The van der Waals surface area contributed by atoms with E-state index >= 15 is 0 Å². The van der Waals surface area contributed by atoms with Gasteiger partial charge < -0.3 is 10.2 Å². The molecule has 0 saturated heterocycles. The van der Waals surface area contributed by atoms with Crippen molar-refractivity contribution in [2.24, 2.45) is 0 Å². The Morgan fingerprint density at radius 3 is 2.70 bits per heavy atom. The molecule has 0 aliphatic carbocycles. The summed E-state index contributed by atoms with van der Waals surface area (Å²) in [5.41, 5.74) is 2.68. The molecule has 0 fully saturated rings. The second-order valence-electron chi connectivity index (χ2n) is 5.82. The van der Waals surface area contributed by atoms with Gasteiger partial charge in [-0.1, -0.05) is 43.7 Å². The van der Waals surface area contributed by atoms with Crippen molar-refractivity contribution in [3.8, 4) is 0 Å². The fraction of sp³-hybridized carbons (Fsp3) is 0.368. The number of unbranched alkanes of at least 4 members (excludes halogenated alkanes) is 1. The van der Waals surface area contributed by atoms with Gasteiger partial charge in [0.2, 0.25) is 0 Å². The van der Waals surface area contributed by atoms with Crippen LogP contribution >= 0.6 is 0 Å². The highest BCUT2D eigenvalue weighted by Crippen LogP contribution is 2.19. The molecule has 2 aromatic rings. The van der Waals surface area contributed by atoms with Gasteiger partial charge in [0.15, 0.2) is 0 Å². The van der Waals surface area contributed by atoms with Crippen LogP contribution in [-0.2, 0) is 0 Å². The number of carbonyl (C=O) groups is 1. The Morgan fingerprint density at radius 2 is 2.00 bits per heavy atom. The fourth-order valence-corrected chi connectivity index (χ4v) is 2.43. The highest BCUT2D eigenvalue weighted by Gasteiger charge is 2.13. The maximum Gasteiger partial charge on any atom is 0.255 e. The van der Waals surface area contributed by atoms with E-state index in [9.17, 15) is 4.79 Å². The summed E-state index contributed by atoms with van der Waals surface area (Å²) in [4.78, 5) is 18.4. The Labute approximate surface area is 138 Å². The van der Waals surface area contributed by atoms with Gasteiger partial charge >= 0.3 is 0 Å². The summed E-state index contributed by atoms with van der Waals surface area (Å²) in [5.74, 6) is 0.0157. The first-order valence-corrected chi connectivity index (χ1v) is 8.13. The molecule has 0 saturated carbocycles. The molecule has 4 nitrogen and oxygen atoms in total. The van der Waals surface area contributed by atoms with Crippen LogP contribution in [0, 0.1) is 0 Å². The number of nitrogens with one attached hydrogen (secondary N) is 1. The zero-order chi connectivity index (χ0) is 16.7. The number of aromatic nitrogens is 1. The van der Waals surface area contributed by atoms with Crippen molar-refractivity contribution in [3.63, 3.8) is 0 Å². The minimum absolute atomic E-state index is 0.0157. The molecule has 1 heterocycles. The van der Waals surface area contributed by atoms with E-state index in [0.717, 1.165) is 25.1 Å². The molecule has 0 radical (unpaired) electrons. The van der Waals surface area contributed by atoms with Crippen LogP contribution in [0.3, 0.4) is 0 Å². The van der Waals surface area contributed by atoms with Crippen LogP contribution < -0.4 is 5.32 Å². The molecule has 0 spiro atoms. The first-order chi connectivity index (χ1) is 11.1. The molecule has 0 bridgehead atoms. The Bertz CT molecular complexity index is 628. The second kappa shape index (κ2) is 8.32. The zero-order valence-electron chi connectivity index (χ0n) is 14.1. The van der Waals surface area contributed by atoms with Crippen molar-refractivity contribution >= 4 is 11.6 Å². The van der Waals surface area contributed by atoms with Gasteiger partial charge in [0.1, 0.15) is 0 Å². The number of hydrogen-bond acceptors (Lipinski definition) is 3. The van der Waals surface area contributed by atoms with Crippen molar-refractivity contribution < 1.29 is 4.79 Å². The molecular weight excluding hydrogens is 286 g/mol. The predicted octanol–water partition coefficient (Wildman–Crippen LogP) is 4.13. The third-order valence-electron chi connectivity index (χ3n) is 3.86. The maximum absolute atomic E-state index is 12.4. The predicted molar refractivity (Wildman–Crippen MR) is 94.6 cm³/mol. The smallest absolute Gasteiger partial charge is 0.255 e. The topological polar surface area (TPSA) is 45.2 Å². The molecule has 1 aromatic carbocycles. The van der Waals surface area contributed by atoms with Gasteiger partial charge in [-0.25, -0.2) is 0 Å². The Hall–Kier alpha value is -2.36. The highest BCUT2D eigenvalue weighted by molar-refractivity contribution is 5.94. The summed E-state index contributed by atoms with van der Waals surface area (Å²) in [6, 6.07) is 12.2. The third kappa shape index (κ3) is 4.81. The van der Waals surface area contributed by atoms with Crippen LogP contribution in [0.5, 0.6) is 0 Å². The number of anilines is 1. The van der Waals surface area contributed by atoms with Gasteiger partial charge in [0.05, 0.1) is 11.3 Å². The quantitative estimate of drug-likeness (QED) is 0.836. The number of benzene rings is 1. The van der Waals surface area contributed by atoms with Crippen LogP contribution in [0.15, 0.2) is 48.8 Å². The summed E-state index contributed by atoms with van der Waals surface area (Å²) in [7, 11) is 1.84. The van der Waals surface area contributed by atoms with Gasteiger partial charge in [0.25, 0.3) is 5.91 Å². The molecular formula is C19H25N3O.